The number of rotatable bonds is 8. The molecule has 0 aliphatic heterocycles. The highest BCUT2D eigenvalue weighted by molar-refractivity contribution is 5.21. The molecule has 1 rings (SSSR count). The van der Waals surface area contributed by atoms with Gasteiger partial charge in [0.2, 0.25) is 0 Å². The Morgan fingerprint density at radius 3 is 2.37 bits per heavy atom. The van der Waals surface area contributed by atoms with Gasteiger partial charge < -0.3 is 10.2 Å². The normalized spacial score (nSPS) is 13.2. The Morgan fingerprint density at radius 2 is 1.79 bits per heavy atom. The van der Waals surface area contributed by atoms with Gasteiger partial charge in [0.1, 0.15) is 5.82 Å². The molecule has 0 fully saturated rings. The molecule has 0 bridgehead atoms. The second-order valence-electron chi connectivity index (χ2n) is 5.64. The topological polar surface area (TPSA) is 15.3 Å². The molecule has 108 valence electrons. The molecular weight excluding hydrogens is 239 g/mol. The monoisotopic (exact) mass is 266 g/mol. The Labute approximate surface area is 117 Å². The number of nitrogens with one attached hydrogen (secondary N) is 1. The van der Waals surface area contributed by atoms with Gasteiger partial charge in [0.05, 0.1) is 0 Å². The Balaban J connectivity index is 2.47. The molecule has 0 amide bonds. The van der Waals surface area contributed by atoms with E-state index < -0.39 is 0 Å². The maximum Gasteiger partial charge on any atom is 0.127 e. The van der Waals surface area contributed by atoms with E-state index in [0.29, 0.717) is 0 Å². The zero-order valence-corrected chi connectivity index (χ0v) is 12.6. The van der Waals surface area contributed by atoms with E-state index in [2.05, 4.69) is 31.1 Å². The number of nitrogens with zero attached hydrogens (tertiary/aromatic N) is 1. The highest BCUT2D eigenvalue weighted by atomic mass is 19.1. The first kappa shape index (κ1) is 16.1. The third kappa shape index (κ3) is 5.70. The fourth-order valence-corrected chi connectivity index (χ4v) is 2.15. The fraction of sp³-hybridized carbons (Fsp3) is 0.625. The average Bonchev–Trinajstić information content (AvgIpc) is 2.39. The number of benzene rings is 1. The molecule has 1 aromatic rings. The summed E-state index contributed by atoms with van der Waals surface area (Å²) >= 11 is 0. The van der Waals surface area contributed by atoms with Crippen LogP contribution in [0.25, 0.3) is 0 Å². The lowest BCUT2D eigenvalue weighted by Crippen LogP contribution is -2.27. The van der Waals surface area contributed by atoms with E-state index in [9.17, 15) is 4.39 Å². The van der Waals surface area contributed by atoms with Gasteiger partial charge in [0.15, 0.2) is 0 Å². The molecule has 0 aromatic heterocycles. The minimum absolute atomic E-state index is 0.0858. The van der Waals surface area contributed by atoms with Gasteiger partial charge in [0.25, 0.3) is 0 Å². The van der Waals surface area contributed by atoms with Gasteiger partial charge in [0, 0.05) is 11.6 Å². The van der Waals surface area contributed by atoms with Crippen molar-refractivity contribution in [3.05, 3.63) is 35.6 Å². The van der Waals surface area contributed by atoms with Crippen molar-refractivity contribution in [2.75, 3.05) is 27.2 Å². The largest absolute Gasteiger partial charge is 0.313 e. The zero-order chi connectivity index (χ0) is 14.3. The summed E-state index contributed by atoms with van der Waals surface area (Å²) in [5.74, 6) is 0.612. The van der Waals surface area contributed by atoms with Gasteiger partial charge in [-0.1, -0.05) is 32.0 Å². The molecule has 0 spiro atoms. The van der Waals surface area contributed by atoms with E-state index in [1.165, 1.54) is 12.5 Å². The van der Waals surface area contributed by atoms with Crippen molar-refractivity contribution < 1.29 is 4.39 Å². The summed E-state index contributed by atoms with van der Waals surface area (Å²) in [6, 6.07) is 7.11. The standard InChI is InChI=1S/C16H27FN2/c1-13(2)9-11-19(4)12-10-16(18-3)14-7-5-6-8-15(14)17/h5-8,13,16,18H,9-12H2,1-4H3. The SMILES string of the molecule is CNC(CCN(C)CCC(C)C)c1ccccc1F. The predicted octanol–water partition coefficient (Wildman–Crippen LogP) is 3.45. The highest BCUT2D eigenvalue weighted by Crippen LogP contribution is 2.19. The van der Waals surface area contributed by atoms with E-state index in [0.717, 1.165) is 31.0 Å². The second kappa shape index (κ2) is 8.28. The van der Waals surface area contributed by atoms with E-state index in [1.54, 1.807) is 6.07 Å². The highest BCUT2D eigenvalue weighted by Gasteiger charge is 2.14. The summed E-state index contributed by atoms with van der Waals surface area (Å²) in [5.41, 5.74) is 0.766. The summed E-state index contributed by atoms with van der Waals surface area (Å²) in [4.78, 5) is 2.32. The zero-order valence-electron chi connectivity index (χ0n) is 12.6. The Morgan fingerprint density at radius 1 is 1.16 bits per heavy atom. The molecule has 1 unspecified atom stereocenters. The lowest BCUT2D eigenvalue weighted by molar-refractivity contribution is 0.291. The van der Waals surface area contributed by atoms with E-state index in [4.69, 9.17) is 0 Å². The Kier molecular flexibility index (Phi) is 7.03. The van der Waals surface area contributed by atoms with E-state index >= 15 is 0 Å². The van der Waals surface area contributed by atoms with Crippen LogP contribution in [-0.4, -0.2) is 32.1 Å². The number of halogens is 1. The first-order valence-electron chi connectivity index (χ1n) is 7.14. The molecule has 2 nitrogen and oxygen atoms in total. The minimum atomic E-state index is -0.119. The lowest BCUT2D eigenvalue weighted by Gasteiger charge is -2.22. The predicted molar refractivity (Wildman–Crippen MR) is 79.8 cm³/mol. The molecule has 19 heavy (non-hydrogen) atoms. The van der Waals surface area contributed by atoms with Gasteiger partial charge in [-0.15, -0.1) is 0 Å². The quantitative estimate of drug-likeness (QED) is 0.775. The van der Waals surface area contributed by atoms with Crippen molar-refractivity contribution in [1.82, 2.24) is 10.2 Å². The first-order chi connectivity index (χ1) is 9.04. The minimum Gasteiger partial charge on any atom is -0.313 e. The van der Waals surface area contributed by atoms with Crippen molar-refractivity contribution >= 4 is 0 Å². The summed E-state index contributed by atoms with van der Waals surface area (Å²) in [6.07, 6.45) is 2.13. The van der Waals surface area contributed by atoms with Crippen LogP contribution in [0, 0.1) is 11.7 Å². The van der Waals surface area contributed by atoms with Crippen LogP contribution >= 0.6 is 0 Å². The van der Waals surface area contributed by atoms with Gasteiger partial charge in [-0.05, 0) is 52.0 Å². The molecule has 0 aliphatic carbocycles. The maximum absolute atomic E-state index is 13.8. The second-order valence-corrected chi connectivity index (χ2v) is 5.64. The Hall–Kier alpha value is -0.930. The van der Waals surface area contributed by atoms with Crippen LogP contribution in [0.3, 0.4) is 0 Å². The summed E-state index contributed by atoms with van der Waals surface area (Å²) in [7, 11) is 4.03. The van der Waals surface area contributed by atoms with Crippen LogP contribution in [0.5, 0.6) is 0 Å². The summed E-state index contributed by atoms with van der Waals surface area (Å²) in [6.45, 7) is 6.56. The molecule has 0 saturated heterocycles. The summed E-state index contributed by atoms with van der Waals surface area (Å²) < 4.78 is 13.8. The van der Waals surface area contributed by atoms with Crippen LogP contribution in [0.2, 0.25) is 0 Å². The molecular formula is C16H27FN2. The third-order valence-corrected chi connectivity index (χ3v) is 3.52. The third-order valence-electron chi connectivity index (χ3n) is 3.52. The van der Waals surface area contributed by atoms with E-state index in [1.807, 2.05) is 19.2 Å². The van der Waals surface area contributed by atoms with E-state index in [-0.39, 0.29) is 11.9 Å². The van der Waals surface area contributed by atoms with Gasteiger partial charge in [-0.2, -0.15) is 0 Å². The molecule has 0 radical (unpaired) electrons. The Bertz CT molecular complexity index is 366. The molecule has 1 N–H and O–H groups in total. The number of hydrogen-bond donors (Lipinski definition) is 1. The molecule has 0 aliphatic rings. The van der Waals surface area contributed by atoms with Crippen molar-refractivity contribution in [2.24, 2.45) is 5.92 Å². The molecule has 0 saturated carbocycles. The van der Waals surface area contributed by atoms with Crippen LogP contribution < -0.4 is 5.32 Å². The molecule has 0 heterocycles. The van der Waals surface area contributed by atoms with Crippen molar-refractivity contribution in [3.63, 3.8) is 0 Å². The molecule has 1 aromatic carbocycles. The van der Waals surface area contributed by atoms with Crippen molar-refractivity contribution in [2.45, 2.75) is 32.7 Å². The van der Waals surface area contributed by atoms with Crippen LogP contribution in [0.15, 0.2) is 24.3 Å². The van der Waals surface area contributed by atoms with Crippen molar-refractivity contribution in [1.29, 1.82) is 0 Å². The first-order valence-corrected chi connectivity index (χ1v) is 7.14. The fourth-order valence-electron chi connectivity index (χ4n) is 2.15. The molecule has 1 atom stereocenters. The van der Waals surface area contributed by atoms with Gasteiger partial charge >= 0.3 is 0 Å². The van der Waals surface area contributed by atoms with Gasteiger partial charge in [-0.25, -0.2) is 4.39 Å². The lowest BCUT2D eigenvalue weighted by atomic mass is 10.0. The number of hydrogen-bond acceptors (Lipinski definition) is 2. The molecule has 3 heteroatoms. The average molecular weight is 266 g/mol. The van der Waals surface area contributed by atoms with Crippen LogP contribution in [0.1, 0.15) is 38.3 Å². The van der Waals surface area contributed by atoms with Crippen LogP contribution in [-0.2, 0) is 0 Å². The van der Waals surface area contributed by atoms with Crippen molar-refractivity contribution in [3.8, 4) is 0 Å². The van der Waals surface area contributed by atoms with Gasteiger partial charge in [-0.3, -0.25) is 0 Å². The van der Waals surface area contributed by atoms with Crippen LogP contribution in [0.4, 0.5) is 4.39 Å². The summed E-state index contributed by atoms with van der Waals surface area (Å²) in [5, 5.41) is 3.21. The maximum atomic E-state index is 13.8. The smallest absolute Gasteiger partial charge is 0.127 e.